The third kappa shape index (κ3) is 16.7. The van der Waals surface area contributed by atoms with Gasteiger partial charge >= 0.3 is 5.97 Å². The SMILES string of the molecule is CC(C)C[C@H](NC(=O)CN)C(=O)N[C@@H](Cc1cnc[nH]1)C(=O)NCC(=O)N[C@@H](Cc1ccccc1)C(=O)N[C@@H](Cc1cnc[nH]1)C(=O)N[C@H](C(=O)N[C@@H](Cc1cnc[nH]1)C(=O)O)C(C)C. The van der Waals surface area contributed by atoms with E-state index in [2.05, 4.69) is 67.1 Å². The quantitative estimate of drug-likeness (QED) is 0.0322. The first kappa shape index (κ1) is 50.2. The molecule has 0 aliphatic carbocycles. The van der Waals surface area contributed by atoms with Gasteiger partial charge in [-0.1, -0.05) is 58.0 Å². The smallest absolute Gasteiger partial charge is 0.326 e. The summed E-state index contributed by atoms with van der Waals surface area (Å²) < 4.78 is 0. The van der Waals surface area contributed by atoms with E-state index < -0.39 is 96.0 Å². The van der Waals surface area contributed by atoms with E-state index in [9.17, 15) is 43.5 Å². The van der Waals surface area contributed by atoms with Gasteiger partial charge in [0.25, 0.3) is 0 Å². The van der Waals surface area contributed by atoms with Crippen LogP contribution in [0.1, 0.15) is 56.8 Å². The molecule has 3 aromatic heterocycles. The zero-order valence-electron chi connectivity index (χ0n) is 36.6. The van der Waals surface area contributed by atoms with Crippen molar-refractivity contribution in [3.63, 3.8) is 0 Å². The number of aromatic nitrogens is 6. The van der Waals surface area contributed by atoms with Crippen LogP contribution in [0.2, 0.25) is 0 Å². The zero-order valence-corrected chi connectivity index (χ0v) is 36.6. The van der Waals surface area contributed by atoms with Gasteiger partial charge in [0.05, 0.1) is 32.1 Å². The summed E-state index contributed by atoms with van der Waals surface area (Å²) in [5, 5.41) is 28.0. The van der Waals surface area contributed by atoms with Crippen LogP contribution in [0.4, 0.5) is 0 Å². The Labute approximate surface area is 374 Å². The lowest BCUT2D eigenvalue weighted by Gasteiger charge is -2.27. The van der Waals surface area contributed by atoms with Gasteiger partial charge in [0.2, 0.25) is 41.4 Å². The zero-order chi connectivity index (χ0) is 47.5. The molecule has 7 amide bonds. The number of carbonyl (C=O) groups is 8. The normalized spacial score (nSPS) is 13.9. The van der Waals surface area contributed by atoms with Crippen molar-refractivity contribution in [1.29, 1.82) is 0 Å². The number of aliphatic carboxylic acids is 1. The molecule has 4 rings (SSSR count). The monoisotopic (exact) mass is 902 g/mol. The third-order valence-corrected chi connectivity index (χ3v) is 9.97. The van der Waals surface area contributed by atoms with Crippen molar-refractivity contribution >= 4 is 47.3 Å². The van der Waals surface area contributed by atoms with Crippen molar-refractivity contribution in [2.45, 2.75) is 96.1 Å². The van der Waals surface area contributed by atoms with Crippen LogP contribution >= 0.6 is 0 Å². The van der Waals surface area contributed by atoms with E-state index in [1.807, 2.05) is 13.8 Å². The molecule has 1 aromatic carbocycles. The van der Waals surface area contributed by atoms with Gasteiger partial charge in [-0.05, 0) is 23.8 Å². The molecule has 3 heterocycles. The highest BCUT2D eigenvalue weighted by atomic mass is 16.4. The number of carboxylic acid groups (broad SMARTS) is 1. The highest BCUT2D eigenvalue weighted by Crippen LogP contribution is 2.10. The van der Waals surface area contributed by atoms with Gasteiger partial charge in [0.15, 0.2) is 0 Å². The standard InChI is InChI=1S/C42H58N14O9/c1-23(2)10-29(51-34(57)15-43)38(60)53-31(12-26-16-44-20-48-26)37(59)47-19-35(58)52-30(11-25-8-6-5-7-9-25)39(61)54-32(13-27-17-45-21-49-27)40(62)56-36(24(3)4)41(63)55-33(42(64)65)14-28-18-46-22-50-28/h5-9,16-18,20-24,29-33,36H,10-15,19,43H2,1-4H3,(H,44,48)(H,45,49)(H,46,50)(H,47,59)(H,51,57)(H,52,58)(H,53,60)(H,54,61)(H,55,63)(H,56,62)(H,64,65)/t29-,30-,31-,32-,33-,36-/m0/s1. The van der Waals surface area contributed by atoms with E-state index in [4.69, 9.17) is 5.73 Å². The molecule has 0 fully saturated rings. The van der Waals surface area contributed by atoms with E-state index in [-0.39, 0.29) is 44.6 Å². The number of hydrogen-bond acceptors (Lipinski definition) is 12. The van der Waals surface area contributed by atoms with E-state index in [1.54, 1.807) is 44.2 Å². The molecular formula is C42H58N14O9. The average Bonchev–Trinajstić information content (AvgIpc) is 4.09. The van der Waals surface area contributed by atoms with Gasteiger partial charge in [0, 0.05) is 61.4 Å². The Morgan fingerprint density at radius 1 is 0.569 bits per heavy atom. The van der Waals surface area contributed by atoms with E-state index in [0.717, 1.165) is 0 Å². The number of hydrogen-bond donors (Lipinski definition) is 12. The molecule has 0 aliphatic rings. The van der Waals surface area contributed by atoms with Crippen LogP contribution in [0.3, 0.4) is 0 Å². The van der Waals surface area contributed by atoms with Crippen molar-refractivity contribution in [1.82, 2.24) is 67.1 Å². The number of nitrogens with one attached hydrogen (secondary N) is 10. The minimum Gasteiger partial charge on any atom is -0.480 e. The number of nitrogens with zero attached hydrogens (tertiary/aromatic N) is 3. The van der Waals surface area contributed by atoms with Crippen LogP contribution in [0.5, 0.6) is 0 Å². The van der Waals surface area contributed by atoms with Crippen LogP contribution in [-0.2, 0) is 64.0 Å². The molecular weight excluding hydrogens is 845 g/mol. The summed E-state index contributed by atoms with van der Waals surface area (Å²) in [4.78, 5) is 127. The number of amides is 7. The maximum Gasteiger partial charge on any atom is 0.326 e. The van der Waals surface area contributed by atoms with Crippen LogP contribution < -0.4 is 43.0 Å². The maximum atomic E-state index is 14.2. The number of H-pyrrole nitrogens is 3. The second-order valence-electron chi connectivity index (χ2n) is 16.1. The summed E-state index contributed by atoms with van der Waals surface area (Å²) in [6, 6.07) is 1.26. The second-order valence-corrected chi connectivity index (χ2v) is 16.1. The number of aromatic amines is 3. The predicted molar refractivity (Wildman–Crippen MR) is 233 cm³/mol. The molecule has 0 spiro atoms. The Balaban J connectivity index is 1.50. The van der Waals surface area contributed by atoms with E-state index in [1.165, 1.54) is 37.6 Å². The van der Waals surface area contributed by atoms with Gasteiger partial charge in [-0.15, -0.1) is 0 Å². The van der Waals surface area contributed by atoms with Crippen LogP contribution in [0.25, 0.3) is 0 Å². The molecule has 0 unspecified atom stereocenters. The number of benzene rings is 1. The summed E-state index contributed by atoms with van der Waals surface area (Å²) in [5.74, 6) is -6.95. The lowest BCUT2D eigenvalue weighted by Crippen LogP contribution is -2.60. The summed E-state index contributed by atoms with van der Waals surface area (Å²) in [6.45, 7) is 6.04. The lowest BCUT2D eigenvalue weighted by molar-refractivity contribution is -0.142. The molecule has 350 valence electrons. The first-order valence-corrected chi connectivity index (χ1v) is 21.0. The Hall–Kier alpha value is -7.43. The topological polar surface area (TPSA) is 353 Å². The van der Waals surface area contributed by atoms with E-state index in [0.29, 0.717) is 22.6 Å². The Bertz CT molecular complexity index is 2160. The minimum absolute atomic E-state index is 0.00985. The number of carboxylic acids is 1. The fraction of sp³-hybridized carbons (Fsp3) is 0.452. The summed E-state index contributed by atoms with van der Waals surface area (Å²) in [7, 11) is 0. The third-order valence-electron chi connectivity index (χ3n) is 9.97. The molecule has 0 bridgehead atoms. The van der Waals surface area contributed by atoms with Crippen molar-refractivity contribution in [3.8, 4) is 0 Å². The van der Waals surface area contributed by atoms with Gasteiger partial charge in [0.1, 0.15) is 36.3 Å². The number of nitrogens with two attached hydrogens (primary N) is 1. The Morgan fingerprint density at radius 2 is 1.03 bits per heavy atom. The van der Waals surface area contributed by atoms with Gasteiger partial charge < -0.3 is 63.0 Å². The molecule has 0 aliphatic heterocycles. The summed E-state index contributed by atoms with van der Waals surface area (Å²) >= 11 is 0. The van der Waals surface area contributed by atoms with Crippen LogP contribution in [0, 0.1) is 11.8 Å². The number of carbonyl (C=O) groups excluding carboxylic acids is 7. The fourth-order valence-corrected chi connectivity index (χ4v) is 6.61. The minimum atomic E-state index is -1.35. The molecule has 4 aromatic rings. The number of rotatable bonds is 26. The predicted octanol–water partition coefficient (Wildman–Crippen LogP) is -2.10. The van der Waals surface area contributed by atoms with Crippen molar-refractivity contribution in [3.05, 3.63) is 90.5 Å². The molecule has 6 atom stereocenters. The molecule has 23 nitrogen and oxygen atoms in total. The highest BCUT2D eigenvalue weighted by Gasteiger charge is 2.34. The summed E-state index contributed by atoms with van der Waals surface area (Å²) in [5.41, 5.74) is 7.50. The van der Waals surface area contributed by atoms with Crippen molar-refractivity contribution in [2.24, 2.45) is 17.6 Å². The van der Waals surface area contributed by atoms with Gasteiger partial charge in [-0.3, -0.25) is 33.6 Å². The molecule has 13 N–H and O–H groups in total. The Kier molecular flexibility index (Phi) is 19.3. The van der Waals surface area contributed by atoms with Gasteiger partial charge in [-0.25, -0.2) is 19.7 Å². The molecule has 0 saturated heterocycles. The van der Waals surface area contributed by atoms with Crippen molar-refractivity contribution in [2.75, 3.05) is 13.1 Å². The highest BCUT2D eigenvalue weighted by molar-refractivity contribution is 5.97. The molecule has 23 heteroatoms. The maximum absolute atomic E-state index is 14.2. The first-order chi connectivity index (χ1) is 31.0. The van der Waals surface area contributed by atoms with Gasteiger partial charge in [-0.2, -0.15) is 0 Å². The van der Waals surface area contributed by atoms with Crippen LogP contribution in [-0.4, -0.2) is 132 Å². The largest absolute Gasteiger partial charge is 0.480 e. The molecule has 0 radical (unpaired) electrons. The number of imidazole rings is 3. The molecule has 65 heavy (non-hydrogen) atoms. The fourth-order valence-electron chi connectivity index (χ4n) is 6.61. The first-order valence-electron chi connectivity index (χ1n) is 21.0. The Morgan fingerprint density at radius 3 is 1.51 bits per heavy atom. The van der Waals surface area contributed by atoms with Crippen molar-refractivity contribution < 1.29 is 43.5 Å². The van der Waals surface area contributed by atoms with E-state index >= 15 is 0 Å². The second kappa shape index (κ2) is 25.0. The summed E-state index contributed by atoms with van der Waals surface area (Å²) in [6.07, 6.45) is 8.41. The lowest BCUT2D eigenvalue weighted by atomic mass is 10.0. The van der Waals surface area contributed by atoms with Crippen LogP contribution in [0.15, 0.2) is 67.9 Å². The molecule has 0 saturated carbocycles. The average molecular weight is 903 g/mol.